The van der Waals surface area contributed by atoms with Gasteiger partial charge in [0.05, 0.1) is 0 Å². The van der Waals surface area contributed by atoms with Crippen LogP contribution in [0.3, 0.4) is 0 Å². The summed E-state index contributed by atoms with van der Waals surface area (Å²) in [6.07, 6.45) is 3.84. The van der Waals surface area contributed by atoms with Gasteiger partial charge >= 0.3 is 0 Å². The van der Waals surface area contributed by atoms with Crippen molar-refractivity contribution in [2.75, 3.05) is 6.54 Å². The molecule has 0 fully saturated rings. The van der Waals surface area contributed by atoms with Crippen LogP contribution in [0.25, 0.3) is 0 Å². The van der Waals surface area contributed by atoms with E-state index >= 15 is 0 Å². The quantitative estimate of drug-likeness (QED) is 0.777. The van der Waals surface area contributed by atoms with Crippen molar-refractivity contribution in [3.63, 3.8) is 0 Å². The van der Waals surface area contributed by atoms with Gasteiger partial charge in [-0.25, -0.2) is 0 Å². The first kappa shape index (κ1) is 17.2. The molecule has 0 spiro atoms. The van der Waals surface area contributed by atoms with Crippen LogP contribution < -0.4 is 15.6 Å². The van der Waals surface area contributed by atoms with Crippen LogP contribution in [0, 0.1) is 0 Å². The van der Waals surface area contributed by atoms with Crippen LogP contribution in [0.4, 0.5) is 0 Å². The van der Waals surface area contributed by atoms with Crippen LogP contribution in [0.15, 0.2) is 42.7 Å². The van der Waals surface area contributed by atoms with Gasteiger partial charge in [0.25, 0.3) is 11.8 Å². The van der Waals surface area contributed by atoms with Crippen molar-refractivity contribution < 1.29 is 14.2 Å². The zero-order valence-electron chi connectivity index (χ0n) is 12.3. The van der Waals surface area contributed by atoms with E-state index in [0.29, 0.717) is 28.6 Å². The smallest absolute Gasteiger partial charge is 0.285 e. The van der Waals surface area contributed by atoms with E-state index in [1.54, 1.807) is 35.0 Å². The van der Waals surface area contributed by atoms with E-state index in [-0.39, 0.29) is 12.5 Å². The third kappa shape index (κ3) is 5.23. The number of nitrogens with zero attached hydrogens (tertiary/aromatic N) is 1. The highest BCUT2D eigenvalue weighted by atomic mass is 35.5. The Kier molecular flexibility index (Phi) is 5.96. The molecule has 2 aromatic rings. The minimum atomic E-state index is -0.530. The molecule has 120 valence electrons. The number of rotatable bonds is 6. The van der Waals surface area contributed by atoms with Gasteiger partial charge in [-0.15, -0.1) is 0 Å². The maximum absolute atomic E-state index is 11.9. The fourth-order valence-electron chi connectivity index (χ4n) is 2.05. The van der Waals surface area contributed by atoms with Crippen molar-refractivity contribution in [2.45, 2.75) is 13.0 Å². The Morgan fingerprint density at radius 2 is 2.00 bits per heavy atom. The SMILES string of the molecule is NC(=O)c1ccc[n+](CC(=O)NCCc2ccc(Cl)cc2Cl)c1. The van der Waals surface area contributed by atoms with Gasteiger partial charge in [-0.1, -0.05) is 29.3 Å². The second-order valence-electron chi connectivity index (χ2n) is 4.96. The normalized spacial score (nSPS) is 10.3. The minimum Gasteiger partial charge on any atom is -0.365 e. The average molecular weight is 353 g/mol. The molecule has 2 amide bonds. The lowest BCUT2D eigenvalue weighted by Crippen LogP contribution is -2.43. The van der Waals surface area contributed by atoms with Gasteiger partial charge in [0.2, 0.25) is 6.54 Å². The van der Waals surface area contributed by atoms with E-state index in [2.05, 4.69) is 5.32 Å². The standard InChI is InChI=1S/C16H15Cl2N3O2/c17-13-4-3-11(14(18)8-13)5-6-20-15(22)10-21-7-1-2-12(9-21)16(19)23/h1-4,7-9H,5-6,10H2,(H2-,19,20,22,23)/p+1. The number of hydrogen-bond donors (Lipinski definition) is 2. The van der Waals surface area contributed by atoms with Crippen molar-refractivity contribution in [1.82, 2.24) is 5.32 Å². The van der Waals surface area contributed by atoms with Gasteiger partial charge in [0.15, 0.2) is 12.4 Å². The number of carbonyl (C=O) groups is 2. The first-order valence-electron chi connectivity index (χ1n) is 6.95. The van der Waals surface area contributed by atoms with Crippen molar-refractivity contribution in [1.29, 1.82) is 0 Å². The molecule has 0 atom stereocenters. The Hall–Kier alpha value is -2.11. The fourth-order valence-corrected chi connectivity index (χ4v) is 2.55. The number of halogens is 2. The fraction of sp³-hybridized carbons (Fsp3) is 0.188. The molecular weight excluding hydrogens is 337 g/mol. The summed E-state index contributed by atoms with van der Waals surface area (Å²) < 4.78 is 1.60. The van der Waals surface area contributed by atoms with Crippen molar-refractivity contribution in [3.05, 3.63) is 63.9 Å². The first-order valence-corrected chi connectivity index (χ1v) is 7.71. The van der Waals surface area contributed by atoms with Gasteiger partial charge < -0.3 is 11.1 Å². The molecule has 1 aromatic heterocycles. The van der Waals surface area contributed by atoms with Crippen LogP contribution in [0.5, 0.6) is 0 Å². The molecule has 0 aliphatic carbocycles. The van der Waals surface area contributed by atoms with Crippen molar-refractivity contribution >= 4 is 35.0 Å². The van der Waals surface area contributed by atoms with Crippen LogP contribution in [0.2, 0.25) is 10.0 Å². The van der Waals surface area contributed by atoms with E-state index < -0.39 is 5.91 Å². The Morgan fingerprint density at radius 3 is 2.70 bits per heavy atom. The number of carbonyl (C=O) groups excluding carboxylic acids is 2. The predicted octanol–water partition coefficient (Wildman–Crippen LogP) is 1.74. The highest BCUT2D eigenvalue weighted by Crippen LogP contribution is 2.20. The van der Waals surface area contributed by atoms with Crippen LogP contribution >= 0.6 is 23.2 Å². The van der Waals surface area contributed by atoms with Gasteiger partial charge in [-0.2, -0.15) is 4.57 Å². The highest BCUT2D eigenvalue weighted by Gasteiger charge is 2.12. The molecule has 1 heterocycles. The van der Waals surface area contributed by atoms with E-state index in [4.69, 9.17) is 28.9 Å². The topological polar surface area (TPSA) is 76.1 Å². The number of benzene rings is 1. The van der Waals surface area contributed by atoms with Crippen molar-refractivity contribution in [3.8, 4) is 0 Å². The zero-order chi connectivity index (χ0) is 16.8. The molecule has 3 N–H and O–H groups in total. The maximum atomic E-state index is 11.9. The lowest BCUT2D eigenvalue weighted by atomic mass is 10.1. The summed E-state index contributed by atoms with van der Waals surface area (Å²) in [5.74, 6) is -0.696. The van der Waals surface area contributed by atoms with Crippen LogP contribution in [-0.4, -0.2) is 18.4 Å². The van der Waals surface area contributed by atoms with Crippen LogP contribution in [0.1, 0.15) is 15.9 Å². The first-order chi connectivity index (χ1) is 11.0. The maximum Gasteiger partial charge on any atom is 0.285 e. The number of primary amides is 1. The van der Waals surface area contributed by atoms with Gasteiger partial charge in [0.1, 0.15) is 5.56 Å². The molecule has 23 heavy (non-hydrogen) atoms. The Morgan fingerprint density at radius 1 is 1.22 bits per heavy atom. The molecule has 7 heteroatoms. The zero-order valence-corrected chi connectivity index (χ0v) is 13.8. The molecule has 0 unspecified atom stereocenters. The Labute approximate surface area is 144 Å². The number of pyridine rings is 1. The van der Waals surface area contributed by atoms with Gasteiger partial charge in [-0.3, -0.25) is 9.59 Å². The lowest BCUT2D eigenvalue weighted by molar-refractivity contribution is -0.684. The molecule has 0 bridgehead atoms. The Bertz CT molecular complexity index is 735. The number of aromatic nitrogens is 1. The molecule has 0 saturated carbocycles. The lowest BCUT2D eigenvalue weighted by Gasteiger charge is -2.06. The monoisotopic (exact) mass is 352 g/mol. The predicted molar refractivity (Wildman–Crippen MR) is 88.3 cm³/mol. The average Bonchev–Trinajstić information content (AvgIpc) is 2.49. The van der Waals surface area contributed by atoms with E-state index in [0.717, 1.165) is 5.56 Å². The van der Waals surface area contributed by atoms with E-state index in [1.165, 1.54) is 6.20 Å². The van der Waals surface area contributed by atoms with E-state index in [9.17, 15) is 9.59 Å². The third-order valence-electron chi connectivity index (χ3n) is 3.20. The summed E-state index contributed by atoms with van der Waals surface area (Å²) in [4.78, 5) is 23.0. The molecule has 0 aliphatic rings. The summed E-state index contributed by atoms with van der Waals surface area (Å²) >= 11 is 11.9. The molecule has 1 aromatic carbocycles. The molecule has 0 saturated heterocycles. The Balaban J connectivity index is 1.85. The van der Waals surface area contributed by atoms with Gasteiger partial charge in [0, 0.05) is 22.7 Å². The second-order valence-corrected chi connectivity index (χ2v) is 5.81. The second kappa shape index (κ2) is 7.94. The summed E-state index contributed by atoms with van der Waals surface area (Å²) in [7, 11) is 0. The summed E-state index contributed by atoms with van der Waals surface area (Å²) in [6.45, 7) is 0.561. The minimum absolute atomic E-state index is 0.107. The van der Waals surface area contributed by atoms with Gasteiger partial charge in [-0.05, 0) is 30.2 Å². The largest absolute Gasteiger partial charge is 0.365 e. The molecule has 5 nitrogen and oxygen atoms in total. The van der Waals surface area contributed by atoms with E-state index in [1.807, 2.05) is 6.07 Å². The summed E-state index contributed by atoms with van der Waals surface area (Å²) in [5.41, 5.74) is 6.48. The summed E-state index contributed by atoms with van der Waals surface area (Å²) in [5, 5.41) is 3.96. The van der Waals surface area contributed by atoms with Crippen molar-refractivity contribution in [2.24, 2.45) is 5.73 Å². The number of hydrogen-bond acceptors (Lipinski definition) is 2. The third-order valence-corrected chi connectivity index (χ3v) is 3.79. The molecule has 0 radical (unpaired) electrons. The molecular formula is C16H16Cl2N3O2+. The number of nitrogens with two attached hydrogens (primary N) is 1. The summed E-state index contributed by atoms with van der Waals surface area (Å²) in [6, 6.07) is 8.53. The molecule has 2 rings (SSSR count). The van der Waals surface area contributed by atoms with Crippen LogP contribution in [-0.2, 0) is 17.8 Å². The number of nitrogens with one attached hydrogen (secondary N) is 1. The molecule has 0 aliphatic heterocycles. The number of amides is 2. The highest BCUT2D eigenvalue weighted by molar-refractivity contribution is 6.35.